The molecule has 0 atom stereocenters. The molecule has 0 aliphatic carbocycles. The molecule has 0 saturated carbocycles. The second-order valence-corrected chi connectivity index (χ2v) is 8.10. The molecule has 0 spiro atoms. The number of fused-ring (bicyclic) bond motifs is 3. The van der Waals surface area contributed by atoms with Gasteiger partial charge in [-0.1, -0.05) is 36.4 Å². The number of benzene rings is 2. The van der Waals surface area contributed by atoms with Gasteiger partial charge in [0.1, 0.15) is 11.5 Å². The SMILES string of the molecule is Cn1c(=O)c2c(ncn2CCCC(=O)NC2c3ccccc3Oc3ccccc32)n(C)c1=O. The smallest absolute Gasteiger partial charge is 0.332 e. The fourth-order valence-corrected chi connectivity index (χ4v) is 4.28. The molecule has 1 aliphatic heterocycles. The topological polar surface area (TPSA) is 100 Å². The molecule has 1 amide bonds. The largest absolute Gasteiger partial charge is 0.457 e. The molecule has 0 fully saturated rings. The van der Waals surface area contributed by atoms with Crippen LogP contribution in [-0.4, -0.2) is 24.6 Å². The molecule has 0 unspecified atom stereocenters. The van der Waals surface area contributed by atoms with Crippen molar-refractivity contribution < 1.29 is 9.53 Å². The Hall–Kier alpha value is -4.14. The van der Waals surface area contributed by atoms with Crippen molar-refractivity contribution in [2.45, 2.75) is 25.4 Å². The standard InChI is InChI=1S/C24H23N5O4/c1-27-22-21(23(31)28(2)24(27)32)29(14-25-22)13-7-12-19(30)26-20-15-8-3-5-10-17(15)33-18-11-6-4-9-16(18)20/h3-6,8-11,14,20H,7,12-13H2,1-2H3,(H,26,30). The van der Waals surface area contributed by atoms with E-state index < -0.39 is 11.2 Å². The van der Waals surface area contributed by atoms with Crippen LogP contribution in [0.1, 0.15) is 30.0 Å². The molecule has 3 heterocycles. The lowest BCUT2D eigenvalue weighted by molar-refractivity contribution is -0.121. The Morgan fingerprint density at radius 1 is 1.00 bits per heavy atom. The molecule has 33 heavy (non-hydrogen) atoms. The van der Waals surface area contributed by atoms with Gasteiger partial charge in [0.25, 0.3) is 5.56 Å². The van der Waals surface area contributed by atoms with Gasteiger partial charge in [-0.3, -0.25) is 18.7 Å². The first-order valence-electron chi connectivity index (χ1n) is 10.7. The summed E-state index contributed by atoms with van der Waals surface area (Å²) >= 11 is 0. The lowest BCUT2D eigenvalue weighted by atomic mass is 9.94. The average molecular weight is 445 g/mol. The molecule has 0 saturated heterocycles. The van der Waals surface area contributed by atoms with Gasteiger partial charge in [0.2, 0.25) is 5.91 Å². The molecule has 0 radical (unpaired) electrons. The Balaban J connectivity index is 1.32. The quantitative estimate of drug-likeness (QED) is 0.508. The number of para-hydroxylation sites is 2. The Morgan fingerprint density at radius 3 is 2.30 bits per heavy atom. The van der Waals surface area contributed by atoms with Crippen molar-refractivity contribution in [3.05, 3.63) is 86.8 Å². The van der Waals surface area contributed by atoms with E-state index in [-0.39, 0.29) is 18.4 Å². The minimum atomic E-state index is -0.422. The fraction of sp³-hybridized carbons (Fsp3) is 0.250. The Labute approximate surface area is 188 Å². The number of aryl methyl sites for hydroxylation is 2. The molecule has 9 heteroatoms. The summed E-state index contributed by atoms with van der Waals surface area (Å²) in [6.07, 6.45) is 2.32. The molecular formula is C24H23N5O4. The first kappa shape index (κ1) is 20.7. The van der Waals surface area contributed by atoms with E-state index in [2.05, 4.69) is 10.3 Å². The molecule has 2 aromatic carbocycles. The maximum atomic E-state index is 12.9. The molecule has 9 nitrogen and oxygen atoms in total. The van der Waals surface area contributed by atoms with Crippen LogP contribution in [0.4, 0.5) is 0 Å². The van der Waals surface area contributed by atoms with Crippen molar-refractivity contribution in [3.63, 3.8) is 0 Å². The van der Waals surface area contributed by atoms with E-state index in [4.69, 9.17) is 4.74 Å². The molecule has 2 aromatic heterocycles. The van der Waals surface area contributed by atoms with Crippen molar-refractivity contribution in [2.24, 2.45) is 14.1 Å². The van der Waals surface area contributed by atoms with E-state index in [9.17, 15) is 14.4 Å². The number of carbonyl (C=O) groups excluding carboxylic acids is 1. The van der Waals surface area contributed by atoms with E-state index in [0.717, 1.165) is 27.2 Å². The third-order valence-corrected chi connectivity index (χ3v) is 6.01. The summed E-state index contributed by atoms with van der Waals surface area (Å²) < 4.78 is 10.1. The lowest BCUT2D eigenvalue weighted by Crippen LogP contribution is -2.37. The number of aromatic nitrogens is 4. The van der Waals surface area contributed by atoms with Crippen molar-refractivity contribution in [1.29, 1.82) is 0 Å². The zero-order valence-electron chi connectivity index (χ0n) is 18.3. The van der Waals surface area contributed by atoms with Gasteiger partial charge >= 0.3 is 5.69 Å². The van der Waals surface area contributed by atoms with E-state index in [1.807, 2.05) is 48.5 Å². The van der Waals surface area contributed by atoms with Crippen LogP contribution < -0.4 is 21.3 Å². The van der Waals surface area contributed by atoms with Gasteiger partial charge in [-0.05, 0) is 18.6 Å². The van der Waals surface area contributed by atoms with E-state index in [0.29, 0.717) is 24.1 Å². The highest BCUT2D eigenvalue weighted by molar-refractivity contribution is 5.77. The molecule has 0 bridgehead atoms. The van der Waals surface area contributed by atoms with Gasteiger partial charge < -0.3 is 14.6 Å². The number of ether oxygens (including phenoxy) is 1. The van der Waals surface area contributed by atoms with Crippen molar-refractivity contribution in [1.82, 2.24) is 24.0 Å². The summed E-state index contributed by atoms with van der Waals surface area (Å²) in [5, 5.41) is 3.13. The molecule has 4 aromatic rings. The molecule has 1 N–H and O–H groups in total. The van der Waals surface area contributed by atoms with Crippen molar-refractivity contribution >= 4 is 17.1 Å². The molecule has 1 aliphatic rings. The average Bonchev–Trinajstić information content (AvgIpc) is 3.25. The highest BCUT2D eigenvalue weighted by Gasteiger charge is 2.27. The molecule has 5 rings (SSSR count). The predicted octanol–water partition coefficient (Wildman–Crippen LogP) is 2.23. The second kappa shape index (κ2) is 8.09. The number of nitrogens with one attached hydrogen (secondary N) is 1. The maximum Gasteiger partial charge on any atom is 0.332 e. The van der Waals surface area contributed by atoms with Gasteiger partial charge in [0, 0.05) is 38.2 Å². The van der Waals surface area contributed by atoms with Gasteiger partial charge in [-0.25, -0.2) is 9.78 Å². The summed E-state index contributed by atoms with van der Waals surface area (Å²) in [5.41, 5.74) is 1.69. The highest BCUT2D eigenvalue weighted by atomic mass is 16.5. The molecule has 168 valence electrons. The first-order valence-corrected chi connectivity index (χ1v) is 10.7. The van der Waals surface area contributed by atoms with Crippen LogP contribution in [0.15, 0.2) is 64.4 Å². The van der Waals surface area contributed by atoms with Crippen molar-refractivity contribution in [3.8, 4) is 11.5 Å². The second-order valence-electron chi connectivity index (χ2n) is 8.10. The van der Waals surface area contributed by atoms with Crippen LogP contribution in [0.2, 0.25) is 0 Å². The number of hydrogen-bond acceptors (Lipinski definition) is 5. The zero-order valence-corrected chi connectivity index (χ0v) is 18.3. The number of imidazole rings is 1. The van der Waals surface area contributed by atoms with Crippen LogP contribution in [0.5, 0.6) is 11.5 Å². The van der Waals surface area contributed by atoms with Gasteiger partial charge in [0.05, 0.1) is 12.4 Å². The van der Waals surface area contributed by atoms with Gasteiger partial charge in [-0.15, -0.1) is 0 Å². The van der Waals surface area contributed by atoms with Gasteiger partial charge in [-0.2, -0.15) is 0 Å². The van der Waals surface area contributed by atoms with E-state index in [1.165, 1.54) is 17.9 Å². The van der Waals surface area contributed by atoms with E-state index in [1.54, 1.807) is 11.6 Å². The summed E-state index contributed by atoms with van der Waals surface area (Å²) in [6.45, 7) is 0.429. The number of nitrogens with zero attached hydrogens (tertiary/aromatic N) is 4. The summed E-state index contributed by atoms with van der Waals surface area (Å²) in [6, 6.07) is 15.0. The zero-order chi connectivity index (χ0) is 23.1. The Kier molecular flexibility index (Phi) is 5.08. The number of amides is 1. The number of hydrogen-bond donors (Lipinski definition) is 1. The van der Waals surface area contributed by atoms with Gasteiger partial charge in [0.15, 0.2) is 11.2 Å². The van der Waals surface area contributed by atoms with Crippen molar-refractivity contribution in [2.75, 3.05) is 0 Å². The first-order chi connectivity index (χ1) is 16.0. The maximum absolute atomic E-state index is 12.9. The van der Waals surface area contributed by atoms with Crippen LogP contribution in [0.3, 0.4) is 0 Å². The van der Waals surface area contributed by atoms with E-state index >= 15 is 0 Å². The molecular weight excluding hydrogens is 422 g/mol. The monoisotopic (exact) mass is 445 g/mol. The Bertz CT molecular complexity index is 1450. The Morgan fingerprint density at radius 2 is 1.64 bits per heavy atom. The van der Waals surface area contributed by atoms with Crippen LogP contribution >= 0.6 is 0 Å². The third kappa shape index (κ3) is 3.51. The minimum Gasteiger partial charge on any atom is -0.457 e. The summed E-state index contributed by atoms with van der Waals surface area (Å²) in [4.78, 5) is 41.7. The fourth-order valence-electron chi connectivity index (χ4n) is 4.28. The summed E-state index contributed by atoms with van der Waals surface area (Å²) in [5.74, 6) is 1.36. The van der Waals surface area contributed by atoms with Crippen LogP contribution in [-0.2, 0) is 25.4 Å². The van der Waals surface area contributed by atoms with Crippen LogP contribution in [0, 0.1) is 0 Å². The van der Waals surface area contributed by atoms with Crippen LogP contribution in [0.25, 0.3) is 11.2 Å². The minimum absolute atomic E-state index is 0.101. The lowest BCUT2D eigenvalue weighted by Gasteiger charge is -2.28. The predicted molar refractivity (Wildman–Crippen MR) is 122 cm³/mol. The normalized spacial score (nSPS) is 12.8. The number of carbonyl (C=O) groups is 1. The highest BCUT2D eigenvalue weighted by Crippen LogP contribution is 2.42. The summed E-state index contributed by atoms with van der Waals surface area (Å²) in [7, 11) is 3.02. The third-order valence-electron chi connectivity index (χ3n) is 6.01. The number of rotatable bonds is 5.